The van der Waals surface area contributed by atoms with Crippen molar-refractivity contribution in [1.82, 2.24) is 9.80 Å². The van der Waals surface area contributed by atoms with Crippen molar-refractivity contribution in [2.75, 3.05) is 33.3 Å². The SMILES string of the molecule is COC(=O)CN1CCC2(CC1)CC(=O)N(Cc1cc(F)cc(F)c1)C2. The number of amides is 1. The largest absolute Gasteiger partial charge is 0.468 e. The van der Waals surface area contributed by atoms with Gasteiger partial charge in [0, 0.05) is 25.6 Å². The van der Waals surface area contributed by atoms with Crippen LogP contribution in [0.2, 0.25) is 0 Å². The lowest BCUT2D eigenvalue weighted by atomic mass is 9.77. The molecule has 0 radical (unpaired) electrons. The van der Waals surface area contributed by atoms with Crippen molar-refractivity contribution in [3.8, 4) is 0 Å². The van der Waals surface area contributed by atoms with Crippen LogP contribution in [0.3, 0.4) is 0 Å². The number of likely N-dealkylation sites (tertiary alicyclic amines) is 2. The van der Waals surface area contributed by atoms with Crippen LogP contribution >= 0.6 is 0 Å². The maximum atomic E-state index is 13.3. The van der Waals surface area contributed by atoms with Gasteiger partial charge in [-0.25, -0.2) is 8.78 Å². The summed E-state index contributed by atoms with van der Waals surface area (Å²) in [5, 5.41) is 0. The van der Waals surface area contributed by atoms with Crippen LogP contribution in [0.4, 0.5) is 8.78 Å². The van der Waals surface area contributed by atoms with Gasteiger partial charge < -0.3 is 9.64 Å². The fourth-order valence-corrected chi connectivity index (χ4v) is 3.82. The lowest BCUT2D eigenvalue weighted by Crippen LogP contribution is -2.43. The molecule has 1 amide bonds. The van der Waals surface area contributed by atoms with Gasteiger partial charge in [0.2, 0.25) is 5.91 Å². The van der Waals surface area contributed by atoms with Gasteiger partial charge in [0.05, 0.1) is 13.7 Å². The molecule has 2 heterocycles. The number of hydrogen-bond donors (Lipinski definition) is 0. The lowest BCUT2D eigenvalue weighted by Gasteiger charge is -2.38. The van der Waals surface area contributed by atoms with E-state index < -0.39 is 11.6 Å². The van der Waals surface area contributed by atoms with E-state index in [-0.39, 0.29) is 30.4 Å². The molecule has 3 rings (SSSR count). The predicted octanol–water partition coefficient (Wildman–Crippen LogP) is 1.95. The van der Waals surface area contributed by atoms with Gasteiger partial charge in [-0.3, -0.25) is 14.5 Å². The van der Waals surface area contributed by atoms with E-state index >= 15 is 0 Å². The Hall–Kier alpha value is -2.02. The van der Waals surface area contributed by atoms with Gasteiger partial charge in [0.25, 0.3) is 0 Å². The average molecular weight is 352 g/mol. The van der Waals surface area contributed by atoms with Crippen LogP contribution in [0, 0.1) is 17.0 Å². The van der Waals surface area contributed by atoms with Gasteiger partial charge in [0.1, 0.15) is 11.6 Å². The van der Waals surface area contributed by atoms with Gasteiger partial charge in [-0.15, -0.1) is 0 Å². The topological polar surface area (TPSA) is 49.9 Å². The number of piperidine rings is 1. The summed E-state index contributed by atoms with van der Waals surface area (Å²) in [6, 6.07) is 3.36. The smallest absolute Gasteiger partial charge is 0.319 e. The zero-order chi connectivity index (χ0) is 18.0. The molecule has 0 unspecified atom stereocenters. The Morgan fingerprint density at radius 1 is 1.20 bits per heavy atom. The summed E-state index contributed by atoms with van der Waals surface area (Å²) in [6.45, 7) is 2.57. The Morgan fingerprint density at radius 3 is 2.44 bits per heavy atom. The molecule has 0 bridgehead atoms. The predicted molar refractivity (Wildman–Crippen MR) is 86.5 cm³/mol. The molecule has 0 aliphatic carbocycles. The first-order chi connectivity index (χ1) is 11.9. The highest BCUT2D eigenvalue weighted by Crippen LogP contribution is 2.41. The molecule has 0 atom stereocenters. The van der Waals surface area contributed by atoms with Crippen LogP contribution in [0.1, 0.15) is 24.8 Å². The highest BCUT2D eigenvalue weighted by Gasteiger charge is 2.44. The maximum Gasteiger partial charge on any atom is 0.319 e. The molecule has 2 saturated heterocycles. The highest BCUT2D eigenvalue weighted by atomic mass is 19.1. The number of hydrogen-bond acceptors (Lipinski definition) is 4. The normalized spacial score (nSPS) is 20.3. The van der Waals surface area contributed by atoms with Gasteiger partial charge in [-0.2, -0.15) is 0 Å². The Balaban J connectivity index is 1.60. The molecule has 136 valence electrons. The van der Waals surface area contributed by atoms with Crippen molar-refractivity contribution in [3.63, 3.8) is 0 Å². The zero-order valence-corrected chi connectivity index (χ0v) is 14.3. The van der Waals surface area contributed by atoms with E-state index in [9.17, 15) is 18.4 Å². The van der Waals surface area contributed by atoms with Crippen LogP contribution in [0.15, 0.2) is 18.2 Å². The van der Waals surface area contributed by atoms with Gasteiger partial charge in [-0.1, -0.05) is 0 Å². The van der Waals surface area contributed by atoms with E-state index in [1.807, 2.05) is 4.90 Å². The molecule has 2 fully saturated rings. The molecule has 1 spiro atoms. The summed E-state index contributed by atoms with van der Waals surface area (Å²) in [5.74, 6) is -1.50. The Bertz CT molecular complexity index is 652. The summed E-state index contributed by atoms with van der Waals surface area (Å²) < 4.78 is 31.4. The first kappa shape index (κ1) is 17.8. The maximum absolute atomic E-state index is 13.3. The first-order valence-electron chi connectivity index (χ1n) is 8.41. The van der Waals surface area contributed by atoms with Crippen LogP contribution in [0.5, 0.6) is 0 Å². The van der Waals surface area contributed by atoms with Crippen molar-refractivity contribution in [2.24, 2.45) is 5.41 Å². The van der Waals surface area contributed by atoms with E-state index in [1.54, 1.807) is 4.90 Å². The molecule has 0 N–H and O–H groups in total. The fourth-order valence-electron chi connectivity index (χ4n) is 3.82. The van der Waals surface area contributed by atoms with Gasteiger partial charge in [-0.05, 0) is 49.0 Å². The van der Waals surface area contributed by atoms with Crippen LogP contribution in [-0.4, -0.2) is 55.0 Å². The number of benzene rings is 1. The second kappa shape index (κ2) is 7.07. The molecule has 0 saturated carbocycles. The molecule has 1 aromatic carbocycles. The van der Waals surface area contributed by atoms with Crippen molar-refractivity contribution in [2.45, 2.75) is 25.8 Å². The number of carbonyl (C=O) groups is 2. The van der Waals surface area contributed by atoms with Crippen molar-refractivity contribution in [3.05, 3.63) is 35.4 Å². The number of methoxy groups -OCH3 is 1. The fraction of sp³-hybridized carbons (Fsp3) is 0.556. The number of halogens is 2. The number of ether oxygens (including phenoxy) is 1. The van der Waals surface area contributed by atoms with E-state index in [0.717, 1.165) is 32.0 Å². The number of esters is 1. The van der Waals surface area contributed by atoms with E-state index in [4.69, 9.17) is 0 Å². The zero-order valence-electron chi connectivity index (χ0n) is 14.3. The standard InChI is InChI=1S/C18H22F2N2O3/c1-25-17(24)11-21-4-2-18(3-5-21)9-16(23)22(12-18)10-13-6-14(19)8-15(20)7-13/h6-8H,2-5,9-12H2,1H3. The molecule has 1 aromatic rings. The molecular formula is C18H22F2N2O3. The Kier molecular flexibility index (Phi) is 5.03. The van der Waals surface area contributed by atoms with E-state index in [1.165, 1.54) is 19.2 Å². The first-order valence-corrected chi connectivity index (χ1v) is 8.41. The van der Waals surface area contributed by atoms with E-state index in [2.05, 4.69) is 4.74 Å². The second-order valence-electron chi connectivity index (χ2n) is 7.06. The second-order valence-corrected chi connectivity index (χ2v) is 7.06. The minimum absolute atomic E-state index is 0.0195. The molecule has 2 aliphatic rings. The summed E-state index contributed by atoms with van der Waals surface area (Å²) >= 11 is 0. The van der Waals surface area contributed by atoms with E-state index in [0.29, 0.717) is 18.5 Å². The van der Waals surface area contributed by atoms with Crippen LogP contribution in [0.25, 0.3) is 0 Å². The van der Waals surface area contributed by atoms with Crippen molar-refractivity contribution in [1.29, 1.82) is 0 Å². The number of nitrogens with zero attached hydrogens (tertiary/aromatic N) is 2. The molecule has 5 nitrogen and oxygen atoms in total. The van der Waals surface area contributed by atoms with Gasteiger partial charge >= 0.3 is 5.97 Å². The van der Waals surface area contributed by atoms with Crippen molar-refractivity contribution >= 4 is 11.9 Å². The third-order valence-corrected chi connectivity index (χ3v) is 5.20. The Labute approximate surface area is 145 Å². The summed E-state index contributed by atoms with van der Waals surface area (Å²) in [6.07, 6.45) is 2.10. The molecule has 7 heteroatoms. The Morgan fingerprint density at radius 2 is 1.84 bits per heavy atom. The third kappa shape index (κ3) is 4.15. The number of carbonyl (C=O) groups excluding carboxylic acids is 2. The van der Waals surface area contributed by atoms with Gasteiger partial charge in [0.15, 0.2) is 0 Å². The quantitative estimate of drug-likeness (QED) is 0.778. The number of rotatable bonds is 4. The van der Waals surface area contributed by atoms with Crippen LogP contribution in [-0.2, 0) is 20.9 Å². The molecular weight excluding hydrogens is 330 g/mol. The molecule has 0 aromatic heterocycles. The summed E-state index contributed by atoms with van der Waals surface area (Å²) in [4.78, 5) is 27.5. The summed E-state index contributed by atoms with van der Waals surface area (Å²) in [7, 11) is 1.37. The molecule has 2 aliphatic heterocycles. The summed E-state index contributed by atoms with van der Waals surface area (Å²) in [5.41, 5.74) is 0.362. The minimum Gasteiger partial charge on any atom is -0.468 e. The monoisotopic (exact) mass is 352 g/mol. The third-order valence-electron chi connectivity index (χ3n) is 5.20. The minimum atomic E-state index is -0.632. The van der Waals surface area contributed by atoms with Crippen molar-refractivity contribution < 1.29 is 23.1 Å². The lowest BCUT2D eigenvalue weighted by molar-refractivity contribution is -0.142. The molecule has 25 heavy (non-hydrogen) atoms. The highest BCUT2D eigenvalue weighted by molar-refractivity contribution is 5.79. The average Bonchev–Trinajstić information content (AvgIpc) is 2.84. The van der Waals surface area contributed by atoms with Crippen LogP contribution < -0.4 is 0 Å².